The molecule has 0 radical (unpaired) electrons. The van der Waals surface area contributed by atoms with E-state index in [9.17, 15) is 44.6 Å². The van der Waals surface area contributed by atoms with Crippen molar-refractivity contribution in [3.8, 4) is 0 Å². The number of rotatable bonds is 38. The van der Waals surface area contributed by atoms with Gasteiger partial charge in [-0.15, -0.1) is 0 Å². The Labute approximate surface area is 356 Å². The van der Waals surface area contributed by atoms with Crippen LogP contribution in [0.3, 0.4) is 0 Å². The number of hydrogen-bond donors (Lipinski definition) is 6. The van der Waals surface area contributed by atoms with E-state index < -0.39 is 75.7 Å². The number of phosphoric ester groups is 1. The molecule has 1 aliphatic carbocycles. The molecule has 6 N–H and O–H groups in total. The highest BCUT2D eigenvalue weighted by Crippen LogP contribution is 2.47. The second kappa shape index (κ2) is 35.9. The zero-order valence-corrected chi connectivity index (χ0v) is 37.4. The van der Waals surface area contributed by atoms with E-state index in [1.807, 2.05) is 12.2 Å². The van der Waals surface area contributed by atoms with E-state index in [2.05, 4.69) is 26.0 Å². The molecule has 0 amide bonds. The van der Waals surface area contributed by atoms with Crippen molar-refractivity contribution in [3.05, 3.63) is 24.3 Å². The highest BCUT2D eigenvalue weighted by atomic mass is 31.2. The van der Waals surface area contributed by atoms with Gasteiger partial charge in [-0.3, -0.25) is 18.6 Å². The summed E-state index contributed by atoms with van der Waals surface area (Å²) < 4.78 is 33.5. The summed E-state index contributed by atoms with van der Waals surface area (Å²) in [5.41, 5.74) is 0. The van der Waals surface area contributed by atoms with Crippen molar-refractivity contribution in [2.24, 2.45) is 0 Å². The molecule has 0 aromatic rings. The third-order valence-corrected chi connectivity index (χ3v) is 11.8. The van der Waals surface area contributed by atoms with Crippen molar-refractivity contribution in [2.75, 3.05) is 13.2 Å². The lowest BCUT2D eigenvalue weighted by molar-refractivity contribution is -0.220. The minimum absolute atomic E-state index is 0.0154. The van der Waals surface area contributed by atoms with Gasteiger partial charge in [-0.2, -0.15) is 0 Å². The van der Waals surface area contributed by atoms with Crippen molar-refractivity contribution in [1.29, 1.82) is 0 Å². The molecule has 1 fully saturated rings. The molecule has 14 heteroatoms. The summed E-state index contributed by atoms with van der Waals surface area (Å²) in [4.78, 5) is 35.6. The number of hydrogen-bond acceptors (Lipinski definition) is 12. The van der Waals surface area contributed by atoms with Gasteiger partial charge in [0.25, 0.3) is 0 Å². The number of unbranched alkanes of at least 4 members (excludes halogenated alkanes) is 22. The average Bonchev–Trinajstić information content (AvgIpc) is 3.21. The van der Waals surface area contributed by atoms with Crippen LogP contribution in [0.5, 0.6) is 0 Å². The van der Waals surface area contributed by atoms with Gasteiger partial charge in [0.1, 0.15) is 43.2 Å². The Kier molecular flexibility index (Phi) is 33.7. The number of aliphatic hydroxyl groups excluding tert-OH is 5. The Morgan fingerprint density at radius 2 is 0.915 bits per heavy atom. The topological polar surface area (TPSA) is 210 Å². The van der Waals surface area contributed by atoms with E-state index >= 15 is 0 Å². The van der Waals surface area contributed by atoms with Crippen molar-refractivity contribution < 1.29 is 63.1 Å². The molecular formula is C45H83O13P. The molecule has 0 saturated heterocycles. The van der Waals surface area contributed by atoms with Crippen LogP contribution in [0, 0.1) is 0 Å². The monoisotopic (exact) mass is 863 g/mol. The van der Waals surface area contributed by atoms with Crippen LogP contribution in [0.2, 0.25) is 0 Å². The van der Waals surface area contributed by atoms with Gasteiger partial charge in [-0.25, -0.2) is 4.57 Å². The number of ether oxygens (including phenoxy) is 2. The third kappa shape index (κ3) is 28.5. The van der Waals surface area contributed by atoms with Gasteiger partial charge in [0.15, 0.2) is 6.10 Å². The fraction of sp³-hybridized carbons (Fsp3) is 0.867. The minimum atomic E-state index is -5.12. The second-order valence-corrected chi connectivity index (χ2v) is 17.7. The van der Waals surface area contributed by atoms with Gasteiger partial charge >= 0.3 is 19.8 Å². The van der Waals surface area contributed by atoms with E-state index in [0.717, 1.165) is 38.5 Å². The summed E-state index contributed by atoms with van der Waals surface area (Å²) in [5, 5.41) is 50.1. The molecule has 1 aliphatic rings. The lowest BCUT2D eigenvalue weighted by Crippen LogP contribution is -2.64. The SMILES string of the molecule is CCCC/C=C/CCCCCCCCCCCC(=O)OC[C@H](COP(=O)(O)OC1C(O)C(O)C(O)[C@@H](O)C1O)OC(=O)CC/C=C/CCCCCCCCCCCCC. The summed E-state index contributed by atoms with van der Waals surface area (Å²) >= 11 is 0. The normalized spacial score (nSPS) is 22.5. The largest absolute Gasteiger partial charge is 0.472 e. The maximum atomic E-state index is 12.8. The zero-order chi connectivity index (χ0) is 43.6. The maximum absolute atomic E-state index is 12.8. The fourth-order valence-electron chi connectivity index (χ4n) is 6.99. The molecule has 8 atom stereocenters. The first-order valence-corrected chi connectivity index (χ1v) is 24.6. The van der Waals surface area contributed by atoms with Gasteiger partial charge in [-0.1, -0.05) is 160 Å². The van der Waals surface area contributed by atoms with Crippen LogP contribution >= 0.6 is 7.82 Å². The predicted octanol–water partition coefficient (Wildman–Crippen LogP) is 8.84. The molecule has 1 rings (SSSR count). The first kappa shape index (κ1) is 55.3. The summed E-state index contributed by atoms with van der Waals surface area (Å²) in [5.74, 6) is -1.15. The van der Waals surface area contributed by atoms with E-state index in [0.29, 0.717) is 12.8 Å². The van der Waals surface area contributed by atoms with Crippen LogP contribution in [-0.4, -0.2) is 98.3 Å². The molecule has 59 heavy (non-hydrogen) atoms. The molecule has 0 aromatic heterocycles. The van der Waals surface area contributed by atoms with Gasteiger partial charge in [-0.05, 0) is 44.9 Å². The Bertz CT molecular complexity index is 1130. The smallest absolute Gasteiger partial charge is 0.462 e. The average molecular weight is 863 g/mol. The number of allylic oxidation sites excluding steroid dienone is 4. The van der Waals surface area contributed by atoms with Gasteiger partial charge < -0.3 is 39.9 Å². The molecule has 0 spiro atoms. The van der Waals surface area contributed by atoms with Crippen LogP contribution < -0.4 is 0 Å². The zero-order valence-electron chi connectivity index (χ0n) is 36.6. The van der Waals surface area contributed by atoms with Gasteiger partial charge in [0, 0.05) is 12.8 Å². The summed E-state index contributed by atoms with van der Waals surface area (Å²) in [6.45, 7) is 3.24. The number of esters is 2. The fourth-order valence-corrected chi connectivity index (χ4v) is 7.96. The van der Waals surface area contributed by atoms with Crippen LogP contribution in [0.4, 0.5) is 0 Å². The van der Waals surface area contributed by atoms with E-state index in [1.165, 1.54) is 116 Å². The minimum Gasteiger partial charge on any atom is -0.462 e. The Morgan fingerprint density at radius 1 is 0.508 bits per heavy atom. The second-order valence-electron chi connectivity index (χ2n) is 16.3. The quantitative estimate of drug-likeness (QED) is 0.0149. The number of carbonyl (C=O) groups is 2. The standard InChI is InChI=1S/C45H83O13P/c1-3-5-7-9-11-13-15-17-19-21-23-25-27-29-31-33-38(46)55-35-37(36-56-59(53,54)58-45-43(51)41(49)40(48)42(50)44(45)52)57-39(47)34-32-30-28-26-24-22-20-18-16-14-12-10-8-6-4-2/h9,11,28,30,37,40-45,48-52H,3-8,10,12-27,29,31-36H2,1-2H3,(H,53,54)/b11-9+,30-28+/t37-,40?,41-,42?,43?,44?,45?/m1/s1. The molecular weight excluding hydrogens is 779 g/mol. The highest BCUT2D eigenvalue weighted by Gasteiger charge is 2.51. The van der Waals surface area contributed by atoms with Crippen LogP contribution in [0.25, 0.3) is 0 Å². The van der Waals surface area contributed by atoms with Crippen molar-refractivity contribution in [3.63, 3.8) is 0 Å². The molecule has 1 saturated carbocycles. The van der Waals surface area contributed by atoms with E-state index in [1.54, 1.807) is 0 Å². The summed E-state index contributed by atoms with van der Waals surface area (Å²) in [6.07, 6.45) is 25.3. The van der Waals surface area contributed by atoms with E-state index in [4.69, 9.17) is 18.5 Å². The Morgan fingerprint density at radius 3 is 1.41 bits per heavy atom. The first-order chi connectivity index (χ1) is 28.4. The Balaban J connectivity index is 2.48. The van der Waals surface area contributed by atoms with E-state index in [-0.39, 0.29) is 12.8 Å². The molecule has 13 nitrogen and oxygen atoms in total. The summed E-state index contributed by atoms with van der Waals surface area (Å²) in [6, 6.07) is 0. The van der Waals surface area contributed by atoms with Crippen molar-refractivity contribution >= 4 is 19.8 Å². The van der Waals surface area contributed by atoms with Crippen molar-refractivity contribution in [1.82, 2.24) is 0 Å². The molecule has 346 valence electrons. The highest BCUT2D eigenvalue weighted by molar-refractivity contribution is 7.47. The molecule has 0 aliphatic heterocycles. The van der Waals surface area contributed by atoms with Crippen LogP contribution in [-0.2, 0) is 32.7 Å². The number of carbonyl (C=O) groups excluding carboxylic acids is 2. The first-order valence-electron chi connectivity index (χ1n) is 23.1. The molecule has 0 bridgehead atoms. The maximum Gasteiger partial charge on any atom is 0.472 e. The number of aliphatic hydroxyl groups is 5. The lowest BCUT2D eigenvalue weighted by Gasteiger charge is -2.41. The van der Waals surface area contributed by atoms with Gasteiger partial charge in [0.05, 0.1) is 6.61 Å². The molecule has 0 heterocycles. The molecule has 0 aromatic carbocycles. The third-order valence-electron chi connectivity index (χ3n) is 10.8. The molecule has 6 unspecified atom stereocenters. The lowest BCUT2D eigenvalue weighted by atomic mass is 9.85. The van der Waals surface area contributed by atoms with Crippen molar-refractivity contribution in [2.45, 2.75) is 236 Å². The van der Waals surface area contributed by atoms with Crippen LogP contribution in [0.15, 0.2) is 24.3 Å². The van der Waals surface area contributed by atoms with Crippen LogP contribution in [0.1, 0.15) is 194 Å². The predicted molar refractivity (Wildman–Crippen MR) is 230 cm³/mol. The van der Waals surface area contributed by atoms with Gasteiger partial charge in [0.2, 0.25) is 0 Å². The Hall–Kier alpha value is -1.67. The summed E-state index contributed by atoms with van der Waals surface area (Å²) in [7, 11) is -5.12. The number of phosphoric acid groups is 1.